The van der Waals surface area contributed by atoms with Crippen LogP contribution in [0.4, 0.5) is 0 Å². The van der Waals surface area contributed by atoms with E-state index in [2.05, 4.69) is 63.7 Å². The van der Waals surface area contributed by atoms with Crippen LogP contribution in [0.1, 0.15) is 28.5 Å². The van der Waals surface area contributed by atoms with Gasteiger partial charge in [0, 0.05) is 41.6 Å². The van der Waals surface area contributed by atoms with Gasteiger partial charge in [-0.15, -0.1) is 21.5 Å². The van der Waals surface area contributed by atoms with Crippen LogP contribution in [-0.4, -0.2) is 43.5 Å². The van der Waals surface area contributed by atoms with Crippen LogP contribution in [0.25, 0.3) is 21.3 Å². The number of nitrogens with one attached hydrogen (secondary N) is 2. The lowest BCUT2D eigenvalue weighted by molar-refractivity contribution is 0.522. The van der Waals surface area contributed by atoms with Gasteiger partial charge in [-0.1, -0.05) is 17.3 Å². The van der Waals surface area contributed by atoms with E-state index in [1.807, 2.05) is 38.2 Å². The molecule has 10 nitrogen and oxygen atoms in total. The molecule has 34 heavy (non-hydrogen) atoms. The maximum Gasteiger partial charge on any atom is 0.180 e. The summed E-state index contributed by atoms with van der Waals surface area (Å²) in [6.45, 7) is 4.24. The quantitative estimate of drug-likeness (QED) is 0.320. The van der Waals surface area contributed by atoms with E-state index < -0.39 is 11.3 Å². The minimum atomic E-state index is -2.30. The Morgan fingerprint density at radius 3 is 2.76 bits per heavy atom. The minimum Gasteiger partial charge on any atom is -0.760 e. The van der Waals surface area contributed by atoms with Crippen molar-refractivity contribution < 1.29 is 8.76 Å². The van der Waals surface area contributed by atoms with Crippen LogP contribution < -0.4 is 4.72 Å². The highest BCUT2D eigenvalue weighted by molar-refractivity contribution is 7.77. The molecule has 1 unspecified atom stereocenters. The molecule has 0 spiro atoms. The molecule has 0 fully saturated rings. The Morgan fingerprint density at radius 2 is 2.06 bits per heavy atom. The number of benzene rings is 1. The van der Waals surface area contributed by atoms with Gasteiger partial charge in [-0.3, -0.25) is 8.78 Å². The molecule has 0 aliphatic heterocycles. The minimum absolute atomic E-state index is 0.240. The third-order valence-electron chi connectivity index (χ3n) is 5.49. The molecule has 174 valence electrons. The third-order valence-corrected chi connectivity index (χ3v) is 6.98. The van der Waals surface area contributed by atoms with Crippen molar-refractivity contribution in [3.8, 4) is 21.3 Å². The van der Waals surface area contributed by atoms with Crippen LogP contribution in [-0.2, 0) is 24.2 Å². The molecule has 0 bridgehead atoms. The van der Waals surface area contributed by atoms with Gasteiger partial charge in [0.1, 0.15) is 10.8 Å². The zero-order chi connectivity index (χ0) is 23.7. The number of imidazole rings is 1. The van der Waals surface area contributed by atoms with Crippen molar-refractivity contribution in [1.29, 1.82) is 0 Å². The van der Waals surface area contributed by atoms with E-state index in [4.69, 9.17) is 0 Å². The zero-order valence-corrected chi connectivity index (χ0v) is 20.1. The first-order valence-corrected chi connectivity index (χ1v) is 12.3. The van der Waals surface area contributed by atoms with E-state index in [9.17, 15) is 8.76 Å². The molecule has 0 amide bonds. The van der Waals surface area contributed by atoms with E-state index in [1.54, 1.807) is 17.5 Å². The van der Waals surface area contributed by atoms with Crippen molar-refractivity contribution in [2.75, 3.05) is 0 Å². The molecule has 4 aromatic heterocycles. The van der Waals surface area contributed by atoms with E-state index in [1.165, 1.54) is 0 Å². The number of rotatable bonds is 8. The van der Waals surface area contributed by atoms with E-state index in [-0.39, 0.29) is 6.54 Å². The van der Waals surface area contributed by atoms with Crippen LogP contribution in [0.3, 0.4) is 0 Å². The van der Waals surface area contributed by atoms with E-state index >= 15 is 0 Å². The second-order valence-electron chi connectivity index (χ2n) is 7.71. The third kappa shape index (κ3) is 4.48. The van der Waals surface area contributed by atoms with Crippen LogP contribution in [0.15, 0.2) is 54.9 Å². The number of hydrogen-bond acceptors (Lipinski definition) is 7. The summed E-state index contributed by atoms with van der Waals surface area (Å²) < 4.78 is 28.4. The first kappa shape index (κ1) is 22.3. The molecule has 5 rings (SSSR count). The van der Waals surface area contributed by atoms with Gasteiger partial charge in [0.25, 0.3) is 0 Å². The molecule has 1 aromatic carbocycles. The highest BCUT2D eigenvalue weighted by atomic mass is 32.2. The number of tetrazole rings is 1. The SMILES string of the molecule is Cc1cc(CNS(=O)[O-])ccc1-n1c(Cc2nn[nH]n2)ccc1-c1ccc(-n2ccnc2C)s1. The molecule has 5 aromatic rings. The molecule has 1 atom stereocenters. The lowest BCUT2D eigenvalue weighted by Gasteiger charge is -2.16. The van der Waals surface area contributed by atoms with Crippen LogP contribution in [0.2, 0.25) is 0 Å². The smallest absolute Gasteiger partial charge is 0.180 e. The number of thiophene rings is 1. The maximum atomic E-state index is 10.9. The molecule has 0 aliphatic carbocycles. The Kier molecular flexibility index (Phi) is 6.20. The van der Waals surface area contributed by atoms with Gasteiger partial charge in [0.15, 0.2) is 5.82 Å². The van der Waals surface area contributed by atoms with Gasteiger partial charge in [-0.2, -0.15) is 5.21 Å². The molecule has 0 radical (unpaired) electrons. The van der Waals surface area contributed by atoms with Crippen molar-refractivity contribution in [3.05, 3.63) is 83.3 Å². The number of H-pyrrole nitrogens is 1. The Balaban J connectivity index is 1.58. The van der Waals surface area contributed by atoms with Crippen LogP contribution in [0, 0.1) is 13.8 Å². The molecular formula is C22H21N8O2S2-. The molecule has 0 saturated carbocycles. The summed E-state index contributed by atoms with van der Waals surface area (Å²) in [5, 5.41) is 15.5. The highest BCUT2D eigenvalue weighted by Gasteiger charge is 2.18. The second kappa shape index (κ2) is 9.43. The molecule has 0 aliphatic rings. The fourth-order valence-electron chi connectivity index (χ4n) is 3.94. The number of hydrogen-bond donors (Lipinski definition) is 2. The van der Waals surface area contributed by atoms with Crippen LogP contribution >= 0.6 is 11.3 Å². The van der Waals surface area contributed by atoms with Crippen molar-refractivity contribution in [2.24, 2.45) is 0 Å². The summed E-state index contributed by atoms with van der Waals surface area (Å²) in [7, 11) is 0. The summed E-state index contributed by atoms with van der Waals surface area (Å²) >= 11 is -0.622. The Bertz CT molecular complexity index is 1450. The standard InChI is InChI=1S/C22H22N8O2S2/c1-14-11-16(13-24-34(31)32)3-5-18(14)30-17(12-21-25-27-28-26-21)4-6-19(30)20-7-8-22(33-20)29-10-9-23-15(29)2/h3-11,24H,12-13H2,1-2H3,(H,31,32)(H,25,26,27,28)/p-1. The highest BCUT2D eigenvalue weighted by Crippen LogP contribution is 2.35. The Labute approximate surface area is 202 Å². The summed E-state index contributed by atoms with van der Waals surface area (Å²) in [5.74, 6) is 1.53. The molecule has 12 heteroatoms. The second-order valence-corrected chi connectivity index (χ2v) is 9.53. The Morgan fingerprint density at radius 1 is 1.18 bits per heavy atom. The molecule has 4 heterocycles. The monoisotopic (exact) mass is 493 g/mol. The average Bonchev–Trinajstić information content (AvgIpc) is 3.60. The molecular weight excluding hydrogens is 472 g/mol. The average molecular weight is 494 g/mol. The fourth-order valence-corrected chi connectivity index (χ4v) is 5.28. The fraction of sp³-hybridized carbons (Fsp3) is 0.182. The van der Waals surface area contributed by atoms with E-state index in [0.29, 0.717) is 12.2 Å². The zero-order valence-electron chi connectivity index (χ0n) is 18.4. The van der Waals surface area contributed by atoms with Gasteiger partial charge in [0.2, 0.25) is 0 Å². The molecule has 0 saturated heterocycles. The van der Waals surface area contributed by atoms with Gasteiger partial charge in [-0.05, 0) is 55.3 Å². The molecule has 2 N–H and O–H groups in total. The predicted octanol–water partition coefficient (Wildman–Crippen LogP) is 3.00. The van der Waals surface area contributed by atoms with Crippen molar-refractivity contribution in [3.63, 3.8) is 0 Å². The first-order valence-electron chi connectivity index (χ1n) is 10.5. The van der Waals surface area contributed by atoms with E-state index in [0.717, 1.165) is 43.9 Å². The number of aryl methyl sites for hydroxylation is 2. The normalized spacial score (nSPS) is 12.3. The predicted molar refractivity (Wildman–Crippen MR) is 128 cm³/mol. The van der Waals surface area contributed by atoms with Crippen LogP contribution in [0.5, 0.6) is 0 Å². The summed E-state index contributed by atoms with van der Waals surface area (Å²) in [6, 6.07) is 14.3. The topological polar surface area (TPSA) is 129 Å². The van der Waals surface area contributed by atoms with Gasteiger partial charge < -0.3 is 9.12 Å². The summed E-state index contributed by atoms with van der Waals surface area (Å²) in [5.41, 5.74) is 4.96. The van der Waals surface area contributed by atoms with Crippen molar-refractivity contribution in [1.82, 2.24) is 39.5 Å². The number of aromatic nitrogens is 7. The Hall–Kier alpha value is -3.45. The lowest BCUT2D eigenvalue weighted by atomic mass is 10.1. The maximum absolute atomic E-state index is 10.9. The largest absolute Gasteiger partial charge is 0.760 e. The number of nitrogens with zero attached hydrogens (tertiary/aromatic N) is 6. The summed E-state index contributed by atoms with van der Waals surface area (Å²) in [6.07, 6.45) is 4.26. The van der Waals surface area contributed by atoms with Gasteiger partial charge in [0.05, 0.1) is 17.0 Å². The number of aromatic amines is 1. The van der Waals surface area contributed by atoms with Gasteiger partial charge >= 0.3 is 0 Å². The van der Waals surface area contributed by atoms with Crippen molar-refractivity contribution >= 4 is 22.6 Å². The lowest BCUT2D eigenvalue weighted by Crippen LogP contribution is -2.15. The first-order chi connectivity index (χ1) is 16.5. The van der Waals surface area contributed by atoms with Crippen molar-refractivity contribution in [2.45, 2.75) is 26.8 Å². The summed E-state index contributed by atoms with van der Waals surface area (Å²) in [4.78, 5) is 5.44. The van der Waals surface area contributed by atoms with Gasteiger partial charge in [-0.25, -0.2) is 9.71 Å².